The average Bonchev–Trinajstić information content (AvgIpc) is 3.10. The number of nitrogens with zero attached hydrogens (tertiary/aromatic N) is 2. The molecule has 1 N–H and O–H groups in total. The fourth-order valence-electron chi connectivity index (χ4n) is 4.25. The Morgan fingerprint density at radius 3 is 2.68 bits per heavy atom. The number of carbonyl (C=O) groups excluding carboxylic acids is 1. The maximum atomic E-state index is 12.7. The first-order chi connectivity index (χ1) is 13.6. The highest BCUT2D eigenvalue weighted by Crippen LogP contribution is 2.36. The van der Waals surface area contributed by atoms with E-state index in [1.165, 1.54) is 0 Å². The highest BCUT2D eigenvalue weighted by Gasteiger charge is 2.34. The van der Waals surface area contributed by atoms with Crippen LogP contribution >= 0.6 is 0 Å². The van der Waals surface area contributed by atoms with E-state index in [9.17, 15) is 4.79 Å². The summed E-state index contributed by atoms with van der Waals surface area (Å²) < 4.78 is 11.5. The van der Waals surface area contributed by atoms with Crippen LogP contribution in [-0.2, 0) is 11.2 Å². The number of hydrogen-bond acceptors (Lipinski definition) is 6. The summed E-state index contributed by atoms with van der Waals surface area (Å²) >= 11 is 0. The van der Waals surface area contributed by atoms with Gasteiger partial charge in [0.1, 0.15) is 17.2 Å². The van der Waals surface area contributed by atoms with Gasteiger partial charge in [0, 0.05) is 36.9 Å². The number of hydrogen-bond donors (Lipinski definition) is 1. The molecule has 0 radical (unpaired) electrons. The summed E-state index contributed by atoms with van der Waals surface area (Å²) in [6, 6.07) is 14.5. The SMILES string of the molecule is C[C@@H]1CN(c2ccc3c(c2)OC(=O)C(c2nc4ccccc4o2)C3)C[C@H](C)N1. The molecule has 2 aromatic carbocycles. The maximum absolute atomic E-state index is 12.7. The Morgan fingerprint density at radius 1 is 1.11 bits per heavy atom. The molecule has 2 aliphatic heterocycles. The van der Waals surface area contributed by atoms with Crippen LogP contribution in [0.5, 0.6) is 5.75 Å². The number of oxazole rings is 1. The van der Waals surface area contributed by atoms with Crippen LogP contribution in [0.25, 0.3) is 11.1 Å². The van der Waals surface area contributed by atoms with Crippen LogP contribution in [0.3, 0.4) is 0 Å². The van der Waals surface area contributed by atoms with E-state index in [-0.39, 0.29) is 5.97 Å². The summed E-state index contributed by atoms with van der Waals surface area (Å²) in [7, 11) is 0. The van der Waals surface area contributed by atoms with Crippen LogP contribution in [0.15, 0.2) is 46.9 Å². The second-order valence-electron chi connectivity index (χ2n) is 7.86. The molecule has 1 fully saturated rings. The van der Waals surface area contributed by atoms with Gasteiger partial charge in [0.25, 0.3) is 0 Å². The Bertz CT molecular complexity index is 1000. The number of ether oxygens (including phenoxy) is 1. The van der Waals surface area contributed by atoms with Crippen molar-refractivity contribution in [3.05, 3.63) is 53.9 Å². The van der Waals surface area contributed by atoms with E-state index in [1.54, 1.807) is 0 Å². The molecule has 144 valence electrons. The van der Waals surface area contributed by atoms with Crippen molar-refractivity contribution in [1.82, 2.24) is 10.3 Å². The lowest BCUT2D eigenvalue weighted by atomic mass is 9.95. The third kappa shape index (κ3) is 3.03. The van der Waals surface area contributed by atoms with Gasteiger partial charge < -0.3 is 19.4 Å². The lowest BCUT2D eigenvalue weighted by Crippen LogP contribution is -2.54. The highest BCUT2D eigenvalue weighted by atomic mass is 16.5. The molecule has 0 spiro atoms. The van der Waals surface area contributed by atoms with Crippen molar-refractivity contribution in [2.75, 3.05) is 18.0 Å². The van der Waals surface area contributed by atoms with E-state index in [2.05, 4.69) is 41.2 Å². The van der Waals surface area contributed by atoms with Gasteiger partial charge in [0.05, 0.1) is 0 Å². The van der Waals surface area contributed by atoms with Crippen molar-refractivity contribution in [1.29, 1.82) is 0 Å². The molecule has 3 heterocycles. The van der Waals surface area contributed by atoms with Gasteiger partial charge in [-0.3, -0.25) is 4.79 Å². The van der Waals surface area contributed by atoms with E-state index < -0.39 is 5.92 Å². The summed E-state index contributed by atoms with van der Waals surface area (Å²) in [5.41, 5.74) is 3.54. The molecule has 0 saturated carbocycles. The van der Waals surface area contributed by atoms with Gasteiger partial charge in [0.2, 0.25) is 5.89 Å². The molecule has 2 aliphatic rings. The lowest BCUT2D eigenvalue weighted by Gasteiger charge is -2.38. The molecule has 6 nitrogen and oxygen atoms in total. The molecular formula is C22H23N3O3. The third-order valence-corrected chi connectivity index (χ3v) is 5.50. The van der Waals surface area contributed by atoms with Crippen LogP contribution < -0.4 is 15.0 Å². The minimum atomic E-state index is -0.509. The Kier molecular flexibility index (Phi) is 4.09. The Morgan fingerprint density at radius 2 is 1.89 bits per heavy atom. The largest absolute Gasteiger partial charge is 0.440 e. The Hall–Kier alpha value is -2.86. The van der Waals surface area contributed by atoms with Crippen LogP contribution in [0.4, 0.5) is 5.69 Å². The quantitative estimate of drug-likeness (QED) is 0.546. The molecule has 0 bridgehead atoms. The highest BCUT2D eigenvalue weighted by molar-refractivity contribution is 5.83. The van der Waals surface area contributed by atoms with E-state index >= 15 is 0 Å². The molecule has 3 atom stereocenters. The Balaban J connectivity index is 1.42. The summed E-state index contributed by atoms with van der Waals surface area (Å²) in [5.74, 6) is 0.252. The molecule has 5 rings (SSSR count). The minimum absolute atomic E-state index is 0.307. The number of fused-ring (bicyclic) bond motifs is 2. The first-order valence-electron chi connectivity index (χ1n) is 9.78. The van der Waals surface area contributed by atoms with Crippen molar-refractivity contribution >= 4 is 22.8 Å². The number of anilines is 1. The molecular weight excluding hydrogens is 354 g/mol. The van der Waals surface area contributed by atoms with Gasteiger partial charge in [-0.05, 0) is 44.0 Å². The van der Waals surface area contributed by atoms with Gasteiger partial charge in [-0.15, -0.1) is 0 Å². The number of aromatic nitrogens is 1. The molecule has 1 aromatic heterocycles. The van der Waals surface area contributed by atoms with E-state index in [0.717, 1.165) is 29.9 Å². The number of esters is 1. The lowest BCUT2D eigenvalue weighted by molar-refractivity contribution is -0.137. The molecule has 0 aliphatic carbocycles. The van der Waals surface area contributed by atoms with E-state index in [0.29, 0.717) is 35.7 Å². The molecule has 1 saturated heterocycles. The second kappa shape index (κ2) is 6.63. The van der Waals surface area contributed by atoms with Crippen LogP contribution in [0.2, 0.25) is 0 Å². The molecule has 6 heteroatoms. The van der Waals surface area contributed by atoms with Crippen molar-refractivity contribution in [2.45, 2.75) is 38.3 Å². The molecule has 1 unspecified atom stereocenters. The van der Waals surface area contributed by atoms with Gasteiger partial charge in [-0.2, -0.15) is 0 Å². The van der Waals surface area contributed by atoms with Crippen molar-refractivity contribution in [2.24, 2.45) is 0 Å². The first kappa shape index (κ1) is 17.3. The van der Waals surface area contributed by atoms with Gasteiger partial charge in [0.15, 0.2) is 5.58 Å². The third-order valence-electron chi connectivity index (χ3n) is 5.50. The zero-order valence-electron chi connectivity index (χ0n) is 16.0. The zero-order valence-corrected chi connectivity index (χ0v) is 16.0. The smallest absolute Gasteiger partial charge is 0.324 e. The summed E-state index contributed by atoms with van der Waals surface area (Å²) in [6.07, 6.45) is 0.537. The number of rotatable bonds is 2. The zero-order chi connectivity index (χ0) is 19.3. The first-order valence-corrected chi connectivity index (χ1v) is 9.78. The fraction of sp³-hybridized carbons (Fsp3) is 0.364. The van der Waals surface area contributed by atoms with Crippen LogP contribution in [-0.4, -0.2) is 36.1 Å². The molecule has 3 aromatic rings. The molecule has 28 heavy (non-hydrogen) atoms. The standard InChI is InChI=1S/C22H23N3O3/c1-13-11-25(12-14(2)23-13)16-8-7-15-9-17(22(26)28-20(15)10-16)21-24-18-5-3-4-6-19(18)27-21/h3-8,10,13-14,17,23H,9,11-12H2,1-2H3/t13-,14+,17?. The topological polar surface area (TPSA) is 67.6 Å². The van der Waals surface area contributed by atoms with Gasteiger partial charge in [-0.1, -0.05) is 18.2 Å². The van der Waals surface area contributed by atoms with Crippen LogP contribution in [0, 0.1) is 0 Å². The van der Waals surface area contributed by atoms with E-state index in [4.69, 9.17) is 9.15 Å². The number of nitrogens with one attached hydrogen (secondary N) is 1. The van der Waals surface area contributed by atoms with Crippen LogP contribution in [0.1, 0.15) is 31.2 Å². The minimum Gasteiger partial charge on any atom is -0.440 e. The summed E-state index contributed by atoms with van der Waals surface area (Å²) in [4.78, 5) is 19.5. The van der Waals surface area contributed by atoms with Gasteiger partial charge >= 0.3 is 5.97 Å². The number of benzene rings is 2. The second-order valence-corrected chi connectivity index (χ2v) is 7.86. The Labute approximate surface area is 163 Å². The summed E-state index contributed by atoms with van der Waals surface area (Å²) in [5, 5.41) is 3.54. The summed E-state index contributed by atoms with van der Waals surface area (Å²) in [6.45, 7) is 6.24. The maximum Gasteiger partial charge on any atom is 0.324 e. The monoisotopic (exact) mass is 377 g/mol. The number of piperazine rings is 1. The predicted molar refractivity (Wildman–Crippen MR) is 107 cm³/mol. The molecule has 0 amide bonds. The van der Waals surface area contributed by atoms with E-state index in [1.807, 2.05) is 30.3 Å². The number of carbonyl (C=O) groups is 1. The van der Waals surface area contributed by atoms with Crippen molar-refractivity contribution in [3.8, 4) is 5.75 Å². The van der Waals surface area contributed by atoms with Crippen molar-refractivity contribution < 1.29 is 13.9 Å². The fourth-order valence-corrected chi connectivity index (χ4v) is 4.25. The predicted octanol–water partition coefficient (Wildman–Crippen LogP) is 3.26. The van der Waals surface area contributed by atoms with Gasteiger partial charge in [-0.25, -0.2) is 4.98 Å². The normalized spacial score (nSPS) is 24.9. The van der Waals surface area contributed by atoms with Crippen molar-refractivity contribution in [3.63, 3.8) is 0 Å². The average molecular weight is 377 g/mol. The number of para-hydroxylation sites is 2.